The third-order valence-electron chi connectivity index (χ3n) is 3.50. The van der Waals surface area contributed by atoms with Crippen molar-refractivity contribution in [2.75, 3.05) is 18.5 Å². The van der Waals surface area contributed by atoms with Gasteiger partial charge in [-0.05, 0) is 38.6 Å². The highest BCUT2D eigenvalue weighted by atomic mass is 16.5. The minimum Gasteiger partial charge on any atom is -0.406 e. The van der Waals surface area contributed by atoms with Gasteiger partial charge < -0.3 is 14.5 Å². The summed E-state index contributed by atoms with van der Waals surface area (Å²) in [4.78, 5) is 11.9. The highest BCUT2D eigenvalue weighted by Gasteiger charge is 2.25. The van der Waals surface area contributed by atoms with E-state index < -0.39 is 6.10 Å². The van der Waals surface area contributed by atoms with Crippen LogP contribution >= 0.6 is 0 Å². The smallest absolute Gasteiger partial charge is 0.322 e. The number of anilines is 1. The predicted octanol–water partition coefficient (Wildman–Crippen LogP) is 1.00. The van der Waals surface area contributed by atoms with Gasteiger partial charge in [-0.1, -0.05) is 5.10 Å². The van der Waals surface area contributed by atoms with Gasteiger partial charge in [0.15, 0.2) is 0 Å². The molecule has 1 amide bonds. The lowest BCUT2D eigenvalue weighted by Crippen LogP contribution is -2.33. The predicted molar refractivity (Wildman–Crippen MR) is 66.5 cm³/mol. The van der Waals surface area contributed by atoms with Crippen molar-refractivity contribution in [1.82, 2.24) is 15.5 Å². The zero-order valence-electron chi connectivity index (χ0n) is 10.7. The molecule has 104 valence electrons. The second-order valence-corrected chi connectivity index (χ2v) is 4.94. The fourth-order valence-corrected chi connectivity index (χ4v) is 2.45. The van der Waals surface area contributed by atoms with E-state index in [1.807, 2.05) is 0 Å². The van der Waals surface area contributed by atoms with E-state index in [2.05, 4.69) is 20.8 Å². The van der Waals surface area contributed by atoms with Gasteiger partial charge in [0.25, 0.3) is 5.91 Å². The summed E-state index contributed by atoms with van der Waals surface area (Å²) in [6.45, 7) is 1.60. The van der Waals surface area contributed by atoms with E-state index in [4.69, 9.17) is 9.15 Å². The van der Waals surface area contributed by atoms with Crippen LogP contribution in [0.15, 0.2) is 4.42 Å². The molecule has 2 atom stereocenters. The Kier molecular flexibility index (Phi) is 3.74. The first-order valence-corrected chi connectivity index (χ1v) is 6.82. The summed E-state index contributed by atoms with van der Waals surface area (Å²) in [6, 6.07) is 0.270. The fourth-order valence-electron chi connectivity index (χ4n) is 2.45. The Bertz CT molecular complexity index is 436. The van der Waals surface area contributed by atoms with Crippen LogP contribution in [-0.4, -0.2) is 35.4 Å². The van der Waals surface area contributed by atoms with Crippen LogP contribution in [0.25, 0.3) is 0 Å². The molecule has 1 aromatic heterocycles. The molecule has 0 radical (unpaired) electrons. The molecule has 3 rings (SSSR count). The molecule has 2 fully saturated rings. The quantitative estimate of drug-likeness (QED) is 0.848. The van der Waals surface area contributed by atoms with Gasteiger partial charge in [0.05, 0.1) is 6.04 Å². The van der Waals surface area contributed by atoms with Gasteiger partial charge in [-0.3, -0.25) is 10.1 Å². The lowest BCUT2D eigenvalue weighted by Gasteiger charge is -2.20. The molecule has 2 N–H and O–H groups in total. The Morgan fingerprint density at radius 2 is 2.21 bits per heavy atom. The number of carbonyl (C=O) groups excluding carboxylic acids is 1. The topological polar surface area (TPSA) is 89.3 Å². The number of hydrogen-bond acceptors (Lipinski definition) is 6. The van der Waals surface area contributed by atoms with E-state index in [0.717, 1.165) is 38.6 Å². The lowest BCUT2D eigenvalue weighted by atomic mass is 10.1. The molecule has 2 aliphatic heterocycles. The number of aromatic nitrogens is 2. The molecule has 3 heterocycles. The molecule has 19 heavy (non-hydrogen) atoms. The Balaban J connectivity index is 1.58. The van der Waals surface area contributed by atoms with Crippen molar-refractivity contribution in [3.63, 3.8) is 0 Å². The van der Waals surface area contributed by atoms with Crippen LogP contribution in [0.4, 0.5) is 6.01 Å². The van der Waals surface area contributed by atoms with Crippen LogP contribution in [0.1, 0.15) is 44.0 Å². The van der Waals surface area contributed by atoms with Gasteiger partial charge >= 0.3 is 6.01 Å². The molecule has 0 spiro atoms. The summed E-state index contributed by atoms with van der Waals surface area (Å²) in [5.41, 5.74) is 0. The molecule has 0 aromatic carbocycles. The first-order chi connectivity index (χ1) is 9.33. The van der Waals surface area contributed by atoms with Gasteiger partial charge in [0.2, 0.25) is 5.89 Å². The van der Waals surface area contributed by atoms with E-state index in [-0.39, 0.29) is 18.0 Å². The zero-order valence-corrected chi connectivity index (χ0v) is 10.7. The molecular formula is C12H18N4O3. The highest BCUT2D eigenvalue weighted by molar-refractivity contribution is 5.92. The average molecular weight is 266 g/mol. The fraction of sp³-hybridized carbons (Fsp3) is 0.750. The van der Waals surface area contributed by atoms with Crippen molar-refractivity contribution in [2.24, 2.45) is 0 Å². The summed E-state index contributed by atoms with van der Waals surface area (Å²) in [6.07, 6.45) is 4.47. The minimum absolute atomic E-state index is 0.115. The van der Waals surface area contributed by atoms with Gasteiger partial charge in [0, 0.05) is 6.61 Å². The first kappa shape index (κ1) is 12.6. The highest BCUT2D eigenvalue weighted by Crippen LogP contribution is 2.23. The van der Waals surface area contributed by atoms with E-state index in [1.165, 1.54) is 0 Å². The molecule has 2 saturated heterocycles. The van der Waals surface area contributed by atoms with Crippen molar-refractivity contribution in [3.8, 4) is 0 Å². The molecule has 0 aliphatic carbocycles. The number of hydrogen-bond donors (Lipinski definition) is 2. The maximum absolute atomic E-state index is 11.9. The van der Waals surface area contributed by atoms with Crippen LogP contribution in [0.3, 0.4) is 0 Å². The van der Waals surface area contributed by atoms with E-state index in [0.29, 0.717) is 12.5 Å². The maximum Gasteiger partial charge on any atom is 0.322 e. The van der Waals surface area contributed by atoms with Crippen LogP contribution < -0.4 is 10.6 Å². The van der Waals surface area contributed by atoms with Crippen LogP contribution in [0.2, 0.25) is 0 Å². The Hall–Kier alpha value is -1.47. The normalized spacial score (nSPS) is 27.4. The van der Waals surface area contributed by atoms with Gasteiger partial charge in [0.1, 0.15) is 6.10 Å². The molecule has 2 unspecified atom stereocenters. The minimum atomic E-state index is -0.395. The first-order valence-electron chi connectivity index (χ1n) is 6.82. The monoisotopic (exact) mass is 266 g/mol. The number of rotatable bonds is 3. The van der Waals surface area contributed by atoms with Crippen molar-refractivity contribution in [2.45, 2.75) is 44.2 Å². The lowest BCUT2D eigenvalue weighted by molar-refractivity contribution is -0.130. The van der Waals surface area contributed by atoms with Crippen molar-refractivity contribution in [1.29, 1.82) is 0 Å². The van der Waals surface area contributed by atoms with Gasteiger partial charge in [-0.15, -0.1) is 5.10 Å². The second-order valence-electron chi connectivity index (χ2n) is 4.94. The van der Waals surface area contributed by atoms with Crippen molar-refractivity contribution < 1.29 is 13.9 Å². The Morgan fingerprint density at radius 1 is 1.26 bits per heavy atom. The van der Waals surface area contributed by atoms with Crippen LogP contribution in [-0.2, 0) is 9.53 Å². The van der Waals surface area contributed by atoms with Crippen molar-refractivity contribution in [3.05, 3.63) is 5.89 Å². The second kappa shape index (κ2) is 5.66. The zero-order chi connectivity index (χ0) is 13.1. The van der Waals surface area contributed by atoms with Crippen molar-refractivity contribution >= 4 is 11.9 Å². The summed E-state index contributed by atoms with van der Waals surface area (Å²) >= 11 is 0. The Labute approximate surface area is 111 Å². The molecule has 7 heteroatoms. The number of amides is 1. The SMILES string of the molecule is O=C(Nc1nnc(C2CCCN2)o1)C1CCCCO1. The van der Waals surface area contributed by atoms with E-state index in [1.54, 1.807) is 0 Å². The number of nitrogens with zero attached hydrogens (tertiary/aromatic N) is 2. The third-order valence-corrected chi connectivity index (χ3v) is 3.50. The molecule has 7 nitrogen and oxygen atoms in total. The van der Waals surface area contributed by atoms with Crippen LogP contribution in [0.5, 0.6) is 0 Å². The van der Waals surface area contributed by atoms with Crippen LogP contribution in [0, 0.1) is 0 Å². The number of carbonyl (C=O) groups is 1. The largest absolute Gasteiger partial charge is 0.406 e. The molecule has 2 aliphatic rings. The van der Waals surface area contributed by atoms with E-state index >= 15 is 0 Å². The molecule has 1 aromatic rings. The average Bonchev–Trinajstić information content (AvgIpc) is 3.10. The summed E-state index contributed by atoms with van der Waals surface area (Å²) in [7, 11) is 0. The molecule has 0 bridgehead atoms. The standard InChI is InChI=1S/C12H18N4O3/c17-10(9-5-1-2-7-18-9)14-12-16-15-11(19-12)8-4-3-6-13-8/h8-9,13H,1-7H2,(H,14,16,17). The summed E-state index contributed by atoms with van der Waals surface area (Å²) in [5.74, 6) is 0.339. The maximum atomic E-state index is 11.9. The summed E-state index contributed by atoms with van der Waals surface area (Å²) in [5, 5.41) is 13.7. The molecular weight excluding hydrogens is 248 g/mol. The number of ether oxygens (including phenoxy) is 1. The third kappa shape index (κ3) is 2.93. The van der Waals surface area contributed by atoms with E-state index in [9.17, 15) is 4.79 Å². The molecule has 0 saturated carbocycles. The van der Waals surface area contributed by atoms with Gasteiger partial charge in [-0.25, -0.2) is 0 Å². The van der Waals surface area contributed by atoms with Gasteiger partial charge in [-0.2, -0.15) is 0 Å². The summed E-state index contributed by atoms with van der Waals surface area (Å²) < 4.78 is 10.9. The number of nitrogens with one attached hydrogen (secondary N) is 2. The Morgan fingerprint density at radius 3 is 2.95 bits per heavy atom.